The van der Waals surface area contributed by atoms with E-state index >= 15 is 0 Å². The van der Waals surface area contributed by atoms with E-state index in [0.29, 0.717) is 19.5 Å². The number of hydrogen-bond donors (Lipinski definition) is 2. The average Bonchev–Trinajstić information content (AvgIpc) is 2.82. The first-order valence-corrected chi connectivity index (χ1v) is 6.16. The molecule has 20 heavy (non-hydrogen) atoms. The van der Waals surface area contributed by atoms with Crippen molar-refractivity contribution in [2.24, 2.45) is 5.92 Å². The normalized spacial score (nSPS) is 19.0. The number of amides is 1. The van der Waals surface area contributed by atoms with Crippen LogP contribution in [0.15, 0.2) is 18.2 Å². The summed E-state index contributed by atoms with van der Waals surface area (Å²) in [7, 11) is 0. The Balaban J connectivity index is 1.87. The summed E-state index contributed by atoms with van der Waals surface area (Å²) in [4.78, 5) is 24.2. The van der Waals surface area contributed by atoms with Crippen LogP contribution in [-0.2, 0) is 9.59 Å². The molecule has 0 spiro atoms. The molecule has 2 rings (SSSR count). The first-order chi connectivity index (χ1) is 9.45. The fourth-order valence-corrected chi connectivity index (χ4v) is 2.16. The number of carbonyl (C=O) groups is 2. The topological polar surface area (TPSA) is 69.6 Å². The summed E-state index contributed by atoms with van der Waals surface area (Å²) in [5.41, 5.74) is 0.169. The van der Waals surface area contributed by atoms with E-state index in [1.54, 1.807) is 4.90 Å². The Kier molecular flexibility index (Phi) is 4.29. The molecule has 7 heteroatoms. The molecular formula is C13H14F2N2O3. The molecule has 2 N–H and O–H groups in total. The van der Waals surface area contributed by atoms with Crippen molar-refractivity contribution in [1.29, 1.82) is 0 Å². The Hall–Kier alpha value is -2.02. The molecule has 1 aliphatic rings. The van der Waals surface area contributed by atoms with Crippen LogP contribution in [0.25, 0.3) is 0 Å². The molecule has 5 nitrogen and oxygen atoms in total. The fraction of sp³-hybridized carbons (Fsp3) is 0.385. The maximum Gasteiger partial charge on any atom is 0.307 e. The number of carboxylic acids is 1. The number of hydrogen-bond acceptors (Lipinski definition) is 3. The van der Waals surface area contributed by atoms with Gasteiger partial charge in [-0.25, -0.2) is 8.78 Å². The highest BCUT2D eigenvalue weighted by Gasteiger charge is 2.28. The zero-order valence-electron chi connectivity index (χ0n) is 10.6. The van der Waals surface area contributed by atoms with E-state index in [-0.39, 0.29) is 18.1 Å². The van der Waals surface area contributed by atoms with Crippen LogP contribution < -0.4 is 5.32 Å². The van der Waals surface area contributed by atoms with Crippen molar-refractivity contribution in [3.63, 3.8) is 0 Å². The van der Waals surface area contributed by atoms with Crippen LogP contribution in [0.4, 0.5) is 14.5 Å². The van der Waals surface area contributed by atoms with Crippen molar-refractivity contribution < 1.29 is 23.5 Å². The van der Waals surface area contributed by atoms with E-state index in [1.165, 1.54) is 6.07 Å². The van der Waals surface area contributed by atoms with E-state index in [0.717, 1.165) is 12.1 Å². The quantitative estimate of drug-likeness (QED) is 0.874. The standard InChI is InChI=1S/C13H14F2N2O3/c14-10-2-1-9(5-11(10)15)16-12(18)7-17-4-3-8(6-17)13(19)20/h1-2,5,8H,3-4,6-7H2,(H,16,18)(H,19,20). The molecule has 1 aromatic carbocycles. The molecule has 1 atom stereocenters. The van der Waals surface area contributed by atoms with Gasteiger partial charge in [-0.1, -0.05) is 0 Å². The third-order valence-corrected chi connectivity index (χ3v) is 3.19. The lowest BCUT2D eigenvalue weighted by atomic mass is 10.1. The summed E-state index contributed by atoms with van der Waals surface area (Å²) in [5, 5.41) is 11.3. The van der Waals surface area contributed by atoms with Crippen LogP contribution in [0.1, 0.15) is 6.42 Å². The molecule has 0 aromatic heterocycles. The molecule has 0 aliphatic carbocycles. The Labute approximate surface area is 114 Å². The second-order valence-corrected chi connectivity index (χ2v) is 4.74. The summed E-state index contributed by atoms with van der Waals surface area (Å²) in [6, 6.07) is 3.10. The van der Waals surface area contributed by atoms with Crippen molar-refractivity contribution in [1.82, 2.24) is 4.90 Å². The number of nitrogens with zero attached hydrogens (tertiary/aromatic N) is 1. The highest BCUT2D eigenvalue weighted by atomic mass is 19.2. The van der Waals surface area contributed by atoms with Crippen LogP contribution in [-0.4, -0.2) is 41.5 Å². The van der Waals surface area contributed by atoms with Gasteiger partial charge in [-0.2, -0.15) is 0 Å². The lowest BCUT2D eigenvalue weighted by Gasteiger charge is -2.14. The Morgan fingerprint density at radius 1 is 1.35 bits per heavy atom. The largest absolute Gasteiger partial charge is 0.481 e. The fourth-order valence-electron chi connectivity index (χ4n) is 2.16. The Morgan fingerprint density at radius 2 is 2.10 bits per heavy atom. The number of nitrogens with one attached hydrogen (secondary N) is 1. The highest BCUT2D eigenvalue weighted by molar-refractivity contribution is 5.92. The van der Waals surface area contributed by atoms with Crippen molar-refractivity contribution in [3.05, 3.63) is 29.8 Å². The summed E-state index contributed by atoms with van der Waals surface area (Å²) in [5.74, 6) is -3.72. The monoisotopic (exact) mass is 284 g/mol. The minimum Gasteiger partial charge on any atom is -0.481 e. The number of likely N-dealkylation sites (tertiary alicyclic amines) is 1. The van der Waals surface area contributed by atoms with Gasteiger partial charge < -0.3 is 10.4 Å². The van der Waals surface area contributed by atoms with Gasteiger partial charge in [0.05, 0.1) is 12.5 Å². The van der Waals surface area contributed by atoms with Crippen LogP contribution in [0.3, 0.4) is 0 Å². The van der Waals surface area contributed by atoms with E-state index in [1.807, 2.05) is 0 Å². The predicted molar refractivity (Wildman–Crippen MR) is 67.2 cm³/mol. The van der Waals surface area contributed by atoms with Gasteiger partial charge in [0.15, 0.2) is 11.6 Å². The number of rotatable bonds is 4. The summed E-state index contributed by atoms with van der Waals surface area (Å²) < 4.78 is 25.7. The van der Waals surface area contributed by atoms with Gasteiger partial charge >= 0.3 is 5.97 Å². The van der Waals surface area contributed by atoms with Crippen molar-refractivity contribution in [2.45, 2.75) is 6.42 Å². The first kappa shape index (κ1) is 14.4. The smallest absolute Gasteiger partial charge is 0.307 e. The Morgan fingerprint density at radius 3 is 2.70 bits per heavy atom. The van der Waals surface area contributed by atoms with Crippen molar-refractivity contribution >= 4 is 17.6 Å². The molecule has 0 radical (unpaired) electrons. The van der Waals surface area contributed by atoms with Crippen LogP contribution in [0, 0.1) is 17.6 Å². The molecule has 1 aliphatic heterocycles. The third-order valence-electron chi connectivity index (χ3n) is 3.19. The summed E-state index contributed by atoms with van der Waals surface area (Å²) >= 11 is 0. The maximum atomic E-state index is 13.0. The highest BCUT2D eigenvalue weighted by Crippen LogP contribution is 2.17. The number of benzene rings is 1. The molecule has 1 heterocycles. The first-order valence-electron chi connectivity index (χ1n) is 6.16. The SMILES string of the molecule is O=C(CN1CCC(C(=O)O)C1)Nc1ccc(F)c(F)c1. The number of aliphatic carboxylic acids is 1. The zero-order chi connectivity index (χ0) is 14.7. The van der Waals surface area contributed by atoms with Gasteiger partial charge in [0.25, 0.3) is 0 Å². The minimum absolute atomic E-state index is 0.0305. The minimum atomic E-state index is -1.03. The lowest BCUT2D eigenvalue weighted by molar-refractivity contribution is -0.141. The molecule has 1 aromatic rings. The number of halogens is 2. The lowest BCUT2D eigenvalue weighted by Crippen LogP contribution is -2.32. The third kappa shape index (κ3) is 3.51. The van der Waals surface area contributed by atoms with E-state index in [2.05, 4.69) is 5.32 Å². The molecule has 108 valence electrons. The van der Waals surface area contributed by atoms with E-state index < -0.39 is 23.5 Å². The molecule has 0 saturated carbocycles. The van der Waals surface area contributed by atoms with Gasteiger partial charge in [0.1, 0.15) is 0 Å². The molecule has 1 unspecified atom stereocenters. The second-order valence-electron chi connectivity index (χ2n) is 4.74. The average molecular weight is 284 g/mol. The van der Waals surface area contributed by atoms with Crippen molar-refractivity contribution in [2.75, 3.05) is 25.0 Å². The van der Waals surface area contributed by atoms with Crippen LogP contribution in [0.5, 0.6) is 0 Å². The summed E-state index contributed by atoms with van der Waals surface area (Å²) in [6.45, 7) is 0.880. The Bertz CT molecular complexity index is 536. The van der Waals surface area contributed by atoms with E-state index in [9.17, 15) is 18.4 Å². The number of carboxylic acid groups (broad SMARTS) is 1. The summed E-state index contributed by atoms with van der Waals surface area (Å²) in [6.07, 6.45) is 0.508. The van der Waals surface area contributed by atoms with Crippen molar-refractivity contribution in [3.8, 4) is 0 Å². The van der Waals surface area contributed by atoms with Crippen LogP contribution in [0.2, 0.25) is 0 Å². The molecule has 1 saturated heterocycles. The number of anilines is 1. The number of carbonyl (C=O) groups excluding carboxylic acids is 1. The van der Waals surface area contributed by atoms with Gasteiger partial charge in [0.2, 0.25) is 5.91 Å². The zero-order valence-corrected chi connectivity index (χ0v) is 10.6. The molecule has 1 fully saturated rings. The molecule has 0 bridgehead atoms. The second kappa shape index (κ2) is 5.96. The molecule has 1 amide bonds. The maximum absolute atomic E-state index is 13.0. The molecular weight excluding hydrogens is 270 g/mol. The predicted octanol–water partition coefficient (Wildman–Crippen LogP) is 1.31. The van der Waals surface area contributed by atoms with Gasteiger partial charge in [0, 0.05) is 18.3 Å². The van der Waals surface area contributed by atoms with Gasteiger partial charge in [-0.05, 0) is 25.1 Å². The van der Waals surface area contributed by atoms with Gasteiger partial charge in [-0.15, -0.1) is 0 Å². The van der Waals surface area contributed by atoms with E-state index in [4.69, 9.17) is 5.11 Å². The van der Waals surface area contributed by atoms with Crippen LogP contribution >= 0.6 is 0 Å². The van der Waals surface area contributed by atoms with Gasteiger partial charge in [-0.3, -0.25) is 14.5 Å².